The fraction of sp³-hybridized carbons (Fsp3) is 0.500. The van der Waals surface area contributed by atoms with Crippen LogP contribution in [0.3, 0.4) is 0 Å². The molecule has 0 radical (unpaired) electrons. The average molecular weight is 465 g/mol. The number of esters is 4. The number of benzene rings is 1. The van der Waals surface area contributed by atoms with Crippen molar-refractivity contribution >= 4 is 35.8 Å². The second kappa shape index (κ2) is 12.0. The number of ether oxygens (including phenoxy) is 6. The molecule has 0 spiro atoms. The Labute approximate surface area is 190 Å². The minimum absolute atomic E-state index is 0.328. The highest BCUT2D eigenvalue weighted by Gasteiger charge is 2.51. The molecule has 5 atom stereocenters. The minimum atomic E-state index is -1.26. The molecule has 1 aliphatic rings. The van der Waals surface area contributed by atoms with Gasteiger partial charge < -0.3 is 28.4 Å². The summed E-state index contributed by atoms with van der Waals surface area (Å²) < 4.78 is 32.0. The highest BCUT2D eigenvalue weighted by molar-refractivity contribution is 5.72. The van der Waals surface area contributed by atoms with Crippen molar-refractivity contribution in [3.05, 3.63) is 24.3 Å². The molecule has 0 aliphatic carbocycles. The van der Waals surface area contributed by atoms with Crippen molar-refractivity contribution in [2.75, 3.05) is 13.7 Å². The van der Waals surface area contributed by atoms with Crippen LogP contribution in [0, 0.1) is 5.92 Å². The van der Waals surface area contributed by atoms with Gasteiger partial charge in [0.15, 0.2) is 12.2 Å². The number of rotatable bonds is 8. The molecule has 1 aliphatic heterocycles. The Bertz CT molecular complexity index is 882. The fourth-order valence-corrected chi connectivity index (χ4v) is 3.20. The lowest BCUT2D eigenvalue weighted by Crippen LogP contribution is -2.60. The van der Waals surface area contributed by atoms with E-state index in [-0.39, 0.29) is 6.61 Å². The van der Waals surface area contributed by atoms with Gasteiger partial charge >= 0.3 is 23.9 Å². The standard InChI is InChI=1S/C22H27NO10/c1-12(24)29-11-19-21(31-14(3)26)20(30-13(2)25)18(22(33-19)32-15(4)27)10-23-16-6-8-17(28-5)9-7-16/h6-10,18-22H,11H2,1-5H3. The summed E-state index contributed by atoms with van der Waals surface area (Å²) in [5.41, 5.74) is 0.532. The highest BCUT2D eigenvalue weighted by Crippen LogP contribution is 2.32. The van der Waals surface area contributed by atoms with E-state index >= 15 is 0 Å². The number of hydrogen-bond donors (Lipinski definition) is 0. The van der Waals surface area contributed by atoms with Crippen LogP contribution >= 0.6 is 0 Å². The monoisotopic (exact) mass is 465 g/mol. The Balaban J connectivity index is 2.45. The summed E-state index contributed by atoms with van der Waals surface area (Å²) in [5, 5.41) is 0. The van der Waals surface area contributed by atoms with Crippen LogP contribution in [-0.2, 0) is 42.9 Å². The third-order valence-corrected chi connectivity index (χ3v) is 4.50. The van der Waals surface area contributed by atoms with Gasteiger partial charge in [0.25, 0.3) is 0 Å². The lowest BCUT2D eigenvalue weighted by atomic mass is 9.91. The zero-order valence-corrected chi connectivity index (χ0v) is 19.0. The number of nitrogens with zero attached hydrogens (tertiary/aromatic N) is 1. The Morgan fingerprint density at radius 1 is 0.879 bits per heavy atom. The van der Waals surface area contributed by atoms with Crippen LogP contribution in [0.15, 0.2) is 29.3 Å². The summed E-state index contributed by atoms with van der Waals surface area (Å²) in [5.74, 6) is -2.93. The SMILES string of the molecule is COc1ccc(N=CC2C(OC(C)=O)OC(COC(C)=O)C(OC(C)=O)C2OC(C)=O)cc1. The van der Waals surface area contributed by atoms with E-state index in [1.807, 2.05) is 0 Å². The van der Waals surface area contributed by atoms with Gasteiger partial charge in [0, 0.05) is 33.9 Å². The number of methoxy groups -OCH3 is 1. The molecule has 0 aromatic heterocycles. The van der Waals surface area contributed by atoms with Crippen LogP contribution in [0.1, 0.15) is 27.7 Å². The van der Waals surface area contributed by atoms with Gasteiger partial charge in [0.2, 0.25) is 6.29 Å². The van der Waals surface area contributed by atoms with Crippen molar-refractivity contribution in [2.24, 2.45) is 10.9 Å². The smallest absolute Gasteiger partial charge is 0.304 e. The molecule has 1 aromatic carbocycles. The van der Waals surface area contributed by atoms with Crippen molar-refractivity contribution in [1.29, 1.82) is 0 Å². The van der Waals surface area contributed by atoms with Crippen molar-refractivity contribution < 1.29 is 47.6 Å². The third kappa shape index (κ3) is 7.86. The van der Waals surface area contributed by atoms with Crippen molar-refractivity contribution in [2.45, 2.75) is 52.3 Å². The lowest BCUT2D eigenvalue weighted by Gasteiger charge is -2.43. The molecule has 2 rings (SSSR count). The van der Waals surface area contributed by atoms with Crippen molar-refractivity contribution in [3.8, 4) is 5.75 Å². The maximum Gasteiger partial charge on any atom is 0.304 e. The Kier molecular flexibility index (Phi) is 9.34. The van der Waals surface area contributed by atoms with Gasteiger partial charge in [-0.1, -0.05) is 0 Å². The number of aliphatic imine (C=N–C) groups is 1. The van der Waals surface area contributed by atoms with E-state index in [1.165, 1.54) is 41.0 Å². The molecule has 11 nitrogen and oxygen atoms in total. The molecule has 0 N–H and O–H groups in total. The predicted molar refractivity (Wildman–Crippen MR) is 113 cm³/mol. The second-order valence-electron chi connectivity index (χ2n) is 7.16. The Morgan fingerprint density at radius 2 is 1.45 bits per heavy atom. The predicted octanol–water partition coefficient (Wildman–Crippen LogP) is 1.73. The number of carbonyl (C=O) groups is 4. The molecular weight excluding hydrogens is 438 g/mol. The maximum absolute atomic E-state index is 11.9. The first-order valence-corrected chi connectivity index (χ1v) is 10.1. The maximum atomic E-state index is 11.9. The summed E-state index contributed by atoms with van der Waals surface area (Å²) >= 11 is 0. The van der Waals surface area contributed by atoms with Gasteiger partial charge in [-0.3, -0.25) is 24.2 Å². The quantitative estimate of drug-likeness (QED) is 0.317. The van der Waals surface area contributed by atoms with E-state index in [2.05, 4.69) is 4.99 Å². The van der Waals surface area contributed by atoms with E-state index in [9.17, 15) is 19.2 Å². The van der Waals surface area contributed by atoms with Crippen LogP contribution in [0.4, 0.5) is 5.69 Å². The largest absolute Gasteiger partial charge is 0.497 e. The van der Waals surface area contributed by atoms with Gasteiger partial charge in [-0.15, -0.1) is 0 Å². The third-order valence-electron chi connectivity index (χ3n) is 4.50. The minimum Gasteiger partial charge on any atom is -0.497 e. The molecule has 0 bridgehead atoms. The average Bonchev–Trinajstić information content (AvgIpc) is 2.73. The zero-order valence-electron chi connectivity index (χ0n) is 19.0. The molecular formula is C22H27NO10. The molecule has 1 heterocycles. The van der Waals surface area contributed by atoms with Crippen molar-refractivity contribution in [1.82, 2.24) is 0 Å². The summed E-state index contributed by atoms with van der Waals surface area (Å²) in [6, 6.07) is 6.78. The first-order valence-electron chi connectivity index (χ1n) is 10.1. The van der Waals surface area contributed by atoms with Crippen LogP contribution < -0.4 is 4.74 Å². The summed E-state index contributed by atoms with van der Waals surface area (Å²) in [6.07, 6.45) is -3.25. The molecule has 180 valence electrons. The van der Waals surface area contributed by atoms with Gasteiger partial charge in [-0.25, -0.2) is 0 Å². The molecule has 11 heteroatoms. The van der Waals surface area contributed by atoms with Gasteiger partial charge in [-0.2, -0.15) is 0 Å². The Hall–Kier alpha value is -3.47. The molecule has 1 saturated heterocycles. The molecule has 1 aromatic rings. The van der Waals surface area contributed by atoms with Gasteiger partial charge in [0.05, 0.1) is 18.7 Å². The zero-order chi connectivity index (χ0) is 24.5. The topological polar surface area (TPSA) is 136 Å². The van der Waals surface area contributed by atoms with Crippen LogP contribution in [0.5, 0.6) is 5.75 Å². The van der Waals surface area contributed by atoms with E-state index in [4.69, 9.17) is 28.4 Å². The molecule has 33 heavy (non-hydrogen) atoms. The second-order valence-corrected chi connectivity index (χ2v) is 7.16. The van der Waals surface area contributed by atoms with Crippen LogP contribution in [0.2, 0.25) is 0 Å². The van der Waals surface area contributed by atoms with Crippen LogP contribution in [-0.4, -0.2) is 68.4 Å². The molecule has 0 amide bonds. The fourth-order valence-electron chi connectivity index (χ4n) is 3.20. The normalized spacial score (nSPS) is 24.6. The Morgan fingerprint density at radius 3 is 1.97 bits per heavy atom. The number of hydrogen-bond acceptors (Lipinski definition) is 11. The van der Waals surface area contributed by atoms with E-state index in [0.29, 0.717) is 11.4 Å². The molecule has 0 saturated carbocycles. The first kappa shape index (κ1) is 25.8. The van der Waals surface area contributed by atoms with E-state index in [1.54, 1.807) is 24.3 Å². The van der Waals surface area contributed by atoms with Crippen LogP contribution in [0.25, 0.3) is 0 Å². The molecule has 1 fully saturated rings. The summed E-state index contributed by atoms with van der Waals surface area (Å²) in [4.78, 5) is 51.1. The first-order chi connectivity index (χ1) is 15.6. The lowest BCUT2D eigenvalue weighted by molar-refractivity contribution is -0.272. The van der Waals surface area contributed by atoms with Crippen molar-refractivity contribution in [3.63, 3.8) is 0 Å². The summed E-state index contributed by atoms with van der Waals surface area (Å²) in [6.45, 7) is 4.40. The van der Waals surface area contributed by atoms with E-state index in [0.717, 1.165) is 0 Å². The molecule has 5 unspecified atom stereocenters. The number of carbonyl (C=O) groups excluding carboxylic acids is 4. The van der Waals surface area contributed by atoms with Gasteiger partial charge in [0.1, 0.15) is 18.5 Å². The highest BCUT2D eigenvalue weighted by atomic mass is 16.7. The van der Waals surface area contributed by atoms with E-state index < -0.39 is 54.4 Å². The summed E-state index contributed by atoms with van der Waals surface area (Å²) in [7, 11) is 1.53. The van der Waals surface area contributed by atoms with Gasteiger partial charge in [-0.05, 0) is 24.3 Å².